The quantitative estimate of drug-likeness (QED) is 0.895. The summed E-state index contributed by atoms with van der Waals surface area (Å²) in [6.45, 7) is 3.30. The van der Waals surface area contributed by atoms with Crippen LogP contribution in [-0.4, -0.2) is 37.0 Å². The predicted molar refractivity (Wildman–Crippen MR) is 78.3 cm³/mol. The molecule has 0 aromatic heterocycles. The van der Waals surface area contributed by atoms with E-state index in [1.807, 2.05) is 0 Å². The van der Waals surface area contributed by atoms with Gasteiger partial charge in [0, 0.05) is 24.7 Å². The van der Waals surface area contributed by atoms with Gasteiger partial charge in [0.2, 0.25) is 5.91 Å². The van der Waals surface area contributed by atoms with Crippen LogP contribution in [0.1, 0.15) is 12.8 Å². The summed E-state index contributed by atoms with van der Waals surface area (Å²) < 4.78 is 13.0. The fraction of sp³-hybridized carbons (Fsp3) is 0.500. The minimum atomic E-state index is -0.486. The van der Waals surface area contributed by atoms with E-state index in [2.05, 4.69) is 10.2 Å². The van der Waals surface area contributed by atoms with Crippen LogP contribution >= 0.6 is 11.6 Å². The third-order valence-electron chi connectivity index (χ3n) is 3.59. The third kappa shape index (κ3) is 3.91. The first-order chi connectivity index (χ1) is 9.60. The molecule has 1 aliphatic rings. The molecule has 3 N–H and O–H groups in total. The maximum Gasteiger partial charge on any atom is 0.227 e. The van der Waals surface area contributed by atoms with Gasteiger partial charge in [-0.05, 0) is 44.1 Å². The lowest BCUT2D eigenvalue weighted by atomic mass is 9.96. The van der Waals surface area contributed by atoms with Crippen molar-refractivity contribution in [3.8, 4) is 0 Å². The summed E-state index contributed by atoms with van der Waals surface area (Å²) in [6.07, 6.45) is 1.64. The maximum absolute atomic E-state index is 13.0. The summed E-state index contributed by atoms with van der Waals surface area (Å²) in [4.78, 5) is 14.4. The second-order valence-electron chi connectivity index (χ2n) is 5.02. The highest BCUT2D eigenvalue weighted by Gasteiger charge is 2.24. The zero-order valence-corrected chi connectivity index (χ0v) is 12.0. The van der Waals surface area contributed by atoms with Crippen LogP contribution in [-0.2, 0) is 4.79 Å². The molecule has 0 bridgehead atoms. The Kier molecular flexibility index (Phi) is 5.34. The topological polar surface area (TPSA) is 58.4 Å². The molecule has 6 heteroatoms. The number of hydrogen-bond donors (Lipinski definition) is 2. The Bertz CT molecular complexity index is 475. The molecule has 1 aliphatic heterocycles. The molecular weight excluding hydrogens is 281 g/mol. The lowest BCUT2D eigenvalue weighted by Gasteiger charge is -2.30. The molecule has 4 nitrogen and oxygen atoms in total. The number of carbonyl (C=O) groups excluding carboxylic acids is 1. The highest BCUT2D eigenvalue weighted by atomic mass is 35.5. The van der Waals surface area contributed by atoms with Gasteiger partial charge >= 0.3 is 0 Å². The number of anilines is 1. The van der Waals surface area contributed by atoms with E-state index in [1.54, 1.807) is 0 Å². The molecule has 1 aromatic carbocycles. The van der Waals surface area contributed by atoms with Crippen LogP contribution in [0, 0.1) is 11.7 Å². The number of nitrogens with two attached hydrogens (primary N) is 1. The fourth-order valence-corrected chi connectivity index (χ4v) is 2.60. The van der Waals surface area contributed by atoms with Gasteiger partial charge in [0.1, 0.15) is 5.82 Å². The van der Waals surface area contributed by atoms with Gasteiger partial charge in [-0.25, -0.2) is 4.39 Å². The van der Waals surface area contributed by atoms with Crippen molar-refractivity contribution in [1.29, 1.82) is 0 Å². The minimum Gasteiger partial charge on any atom is -0.329 e. The molecule has 0 saturated carbocycles. The van der Waals surface area contributed by atoms with Gasteiger partial charge in [-0.15, -0.1) is 0 Å². The van der Waals surface area contributed by atoms with Gasteiger partial charge in [0.25, 0.3) is 0 Å². The van der Waals surface area contributed by atoms with Crippen LogP contribution in [0.2, 0.25) is 5.02 Å². The van der Waals surface area contributed by atoms with E-state index in [-0.39, 0.29) is 16.8 Å². The largest absolute Gasteiger partial charge is 0.329 e. The molecule has 2 rings (SSSR count). The summed E-state index contributed by atoms with van der Waals surface area (Å²) >= 11 is 5.69. The molecule has 20 heavy (non-hydrogen) atoms. The lowest BCUT2D eigenvalue weighted by Crippen LogP contribution is -2.40. The highest BCUT2D eigenvalue weighted by Crippen LogP contribution is 2.22. The molecule has 0 atom stereocenters. The Labute approximate surface area is 123 Å². The van der Waals surface area contributed by atoms with Crippen molar-refractivity contribution in [3.05, 3.63) is 29.0 Å². The van der Waals surface area contributed by atoms with Gasteiger partial charge in [0.05, 0.1) is 5.02 Å². The van der Waals surface area contributed by atoms with Gasteiger partial charge in [-0.3, -0.25) is 4.79 Å². The van der Waals surface area contributed by atoms with E-state index in [0.717, 1.165) is 32.5 Å². The summed E-state index contributed by atoms with van der Waals surface area (Å²) in [5.74, 6) is -0.521. The van der Waals surface area contributed by atoms with Gasteiger partial charge in [-0.2, -0.15) is 0 Å². The second-order valence-corrected chi connectivity index (χ2v) is 5.43. The number of rotatable bonds is 4. The Morgan fingerprint density at radius 1 is 1.45 bits per heavy atom. The highest BCUT2D eigenvalue weighted by molar-refractivity contribution is 6.31. The predicted octanol–water partition coefficient (Wildman–Crippen LogP) is 2.09. The lowest BCUT2D eigenvalue weighted by molar-refractivity contribution is -0.121. The number of piperidine rings is 1. The van der Waals surface area contributed by atoms with Crippen molar-refractivity contribution >= 4 is 23.2 Å². The molecule has 1 fully saturated rings. The van der Waals surface area contributed by atoms with Crippen molar-refractivity contribution in [3.63, 3.8) is 0 Å². The summed E-state index contributed by atoms with van der Waals surface area (Å²) in [7, 11) is 0. The first kappa shape index (κ1) is 15.2. The Balaban J connectivity index is 1.88. The molecular formula is C14H19ClFN3O. The van der Waals surface area contributed by atoms with E-state index in [4.69, 9.17) is 17.3 Å². The van der Waals surface area contributed by atoms with Crippen LogP contribution in [0.5, 0.6) is 0 Å². The number of carbonyl (C=O) groups is 1. The zero-order valence-electron chi connectivity index (χ0n) is 11.2. The Morgan fingerprint density at radius 2 is 2.15 bits per heavy atom. The van der Waals surface area contributed by atoms with Crippen molar-refractivity contribution < 1.29 is 9.18 Å². The van der Waals surface area contributed by atoms with Crippen molar-refractivity contribution in [1.82, 2.24) is 4.90 Å². The molecule has 1 aromatic rings. The average Bonchev–Trinajstić information content (AvgIpc) is 2.44. The van der Waals surface area contributed by atoms with E-state index in [9.17, 15) is 9.18 Å². The van der Waals surface area contributed by atoms with Crippen LogP contribution in [0.25, 0.3) is 0 Å². The van der Waals surface area contributed by atoms with Crippen LogP contribution < -0.4 is 11.1 Å². The Morgan fingerprint density at radius 3 is 2.75 bits per heavy atom. The van der Waals surface area contributed by atoms with E-state index in [0.29, 0.717) is 12.2 Å². The molecule has 0 radical (unpaired) electrons. The van der Waals surface area contributed by atoms with Gasteiger partial charge in [-0.1, -0.05) is 11.6 Å². The molecule has 110 valence electrons. The summed E-state index contributed by atoms with van der Waals surface area (Å²) in [5.41, 5.74) is 6.05. The average molecular weight is 300 g/mol. The normalized spacial score (nSPS) is 17.1. The SMILES string of the molecule is NCCN1CCC(C(=O)Nc2ccc(F)c(Cl)c2)CC1. The monoisotopic (exact) mass is 299 g/mol. The molecule has 1 heterocycles. The number of halogens is 2. The molecule has 1 saturated heterocycles. The fourth-order valence-electron chi connectivity index (χ4n) is 2.42. The van der Waals surface area contributed by atoms with Crippen LogP contribution in [0.15, 0.2) is 18.2 Å². The molecule has 0 spiro atoms. The molecule has 1 amide bonds. The molecule has 0 aliphatic carbocycles. The van der Waals surface area contributed by atoms with Crippen molar-refractivity contribution in [2.24, 2.45) is 11.7 Å². The second kappa shape index (κ2) is 7.02. The first-order valence-corrected chi connectivity index (χ1v) is 7.16. The van der Waals surface area contributed by atoms with Crippen LogP contribution in [0.4, 0.5) is 10.1 Å². The standard InChI is InChI=1S/C14H19ClFN3O/c15-12-9-11(1-2-13(12)16)18-14(20)10-3-6-19(7-4-10)8-5-17/h1-2,9-10H,3-8,17H2,(H,18,20). The van der Waals surface area contributed by atoms with Crippen molar-refractivity contribution in [2.75, 3.05) is 31.5 Å². The van der Waals surface area contributed by atoms with E-state index in [1.165, 1.54) is 18.2 Å². The third-order valence-corrected chi connectivity index (χ3v) is 3.88. The zero-order chi connectivity index (χ0) is 14.5. The van der Waals surface area contributed by atoms with E-state index < -0.39 is 5.82 Å². The Hall–Kier alpha value is -1.17. The summed E-state index contributed by atoms with van der Waals surface area (Å²) in [5, 5.41) is 2.81. The number of nitrogens with one attached hydrogen (secondary N) is 1. The van der Waals surface area contributed by atoms with Gasteiger partial charge in [0.15, 0.2) is 0 Å². The number of hydrogen-bond acceptors (Lipinski definition) is 3. The number of benzene rings is 1. The van der Waals surface area contributed by atoms with Crippen LogP contribution in [0.3, 0.4) is 0 Å². The smallest absolute Gasteiger partial charge is 0.227 e. The number of amides is 1. The minimum absolute atomic E-state index is 0.00662. The number of nitrogens with zero attached hydrogens (tertiary/aromatic N) is 1. The maximum atomic E-state index is 13.0. The first-order valence-electron chi connectivity index (χ1n) is 6.78. The molecule has 0 unspecified atom stereocenters. The van der Waals surface area contributed by atoms with E-state index >= 15 is 0 Å². The van der Waals surface area contributed by atoms with Crippen molar-refractivity contribution in [2.45, 2.75) is 12.8 Å². The summed E-state index contributed by atoms with van der Waals surface area (Å²) in [6, 6.07) is 4.20. The van der Waals surface area contributed by atoms with Gasteiger partial charge < -0.3 is 16.0 Å². The number of likely N-dealkylation sites (tertiary alicyclic amines) is 1.